The highest BCUT2D eigenvalue weighted by molar-refractivity contribution is 9.10. The molecule has 0 aromatic heterocycles. The number of hydrogen-bond acceptors (Lipinski definition) is 3. The summed E-state index contributed by atoms with van der Waals surface area (Å²) < 4.78 is 33.6. The van der Waals surface area contributed by atoms with Crippen LogP contribution < -0.4 is 9.46 Å². The molecule has 6 heteroatoms. The number of anilines is 1. The van der Waals surface area contributed by atoms with Crippen LogP contribution in [0.1, 0.15) is 11.1 Å². The van der Waals surface area contributed by atoms with E-state index in [1.54, 1.807) is 44.4 Å². The van der Waals surface area contributed by atoms with Crippen molar-refractivity contribution < 1.29 is 13.2 Å². The summed E-state index contributed by atoms with van der Waals surface area (Å²) in [5, 5.41) is 0. The number of halogens is 1. The average Bonchev–Trinajstić information content (AvgIpc) is 2.43. The summed E-state index contributed by atoms with van der Waals surface area (Å²) in [6.45, 7) is 3.56. The second-order valence-corrected chi connectivity index (χ2v) is 7.18. The summed E-state index contributed by atoms with van der Waals surface area (Å²) in [6.07, 6.45) is 0. The molecular weight excluding hydrogens is 354 g/mol. The number of hydrogen-bond donors (Lipinski definition) is 1. The van der Waals surface area contributed by atoms with Crippen LogP contribution >= 0.6 is 15.9 Å². The minimum absolute atomic E-state index is 0.247. The molecule has 112 valence electrons. The van der Waals surface area contributed by atoms with Crippen LogP contribution in [0.25, 0.3) is 0 Å². The minimum atomic E-state index is -3.65. The number of methoxy groups -OCH3 is 1. The van der Waals surface area contributed by atoms with E-state index >= 15 is 0 Å². The Morgan fingerprint density at radius 3 is 2.38 bits per heavy atom. The topological polar surface area (TPSA) is 55.4 Å². The first-order valence-corrected chi connectivity index (χ1v) is 8.55. The molecule has 1 N–H and O–H groups in total. The molecule has 2 rings (SSSR count). The number of aryl methyl sites for hydroxylation is 2. The lowest BCUT2D eigenvalue weighted by Crippen LogP contribution is -2.15. The smallest absolute Gasteiger partial charge is 0.262 e. The molecule has 0 amide bonds. The van der Waals surface area contributed by atoms with Crippen molar-refractivity contribution in [1.29, 1.82) is 0 Å². The zero-order valence-corrected chi connectivity index (χ0v) is 14.4. The van der Waals surface area contributed by atoms with Crippen LogP contribution in [-0.2, 0) is 10.0 Å². The van der Waals surface area contributed by atoms with Crippen LogP contribution in [0.5, 0.6) is 5.75 Å². The van der Waals surface area contributed by atoms with E-state index in [0.29, 0.717) is 21.5 Å². The van der Waals surface area contributed by atoms with Gasteiger partial charge < -0.3 is 4.74 Å². The lowest BCUT2D eigenvalue weighted by atomic mass is 10.1. The maximum Gasteiger partial charge on any atom is 0.262 e. The van der Waals surface area contributed by atoms with Gasteiger partial charge in [0.2, 0.25) is 0 Å². The van der Waals surface area contributed by atoms with Crippen LogP contribution in [0.3, 0.4) is 0 Å². The SMILES string of the molecule is COc1cc(C)c(S(=O)(=O)Nc2ccccc2Br)cc1C. The van der Waals surface area contributed by atoms with Gasteiger partial charge in [0.15, 0.2) is 0 Å². The molecule has 0 atom stereocenters. The first-order chi connectivity index (χ1) is 9.85. The van der Waals surface area contributed by atoms with Gasteiger partial charge in [0.05, 0.1) is 17.7 Å². The Bertz CT molecular complexity index is 772. The van der Waals surface area contributed by atoms with Crippen molar-refractivity contribution in [3.63, 3.8) is 0 Å². The third-order valence-electron chi connectivity index (χ3n) is 3.10. The predicted octanol–water partition coefficient (Wildman–Crippen LogP) is 3.88. The fraction of sp³-hybridized carbons (Fsp3) is 0.200. The fourth-order valence-electron chi connectivity index (χ4n) is 2.02. The number of ether oxygens (including phenoxy) is 1. The van der Waals surface area contributed by atoms with E-state index in [2.05, 4.69) is 20.7 Å². The second-order valence-electron chi connectivity index (χ2n) is 4.67. The third-order valence-corrected chi connectivity index (χ3v) is 5.30. The molecule has 0 fully saturated rings. The maximum absolute atomic E-state index is 12.6. The Hall–Kier alpha value is -1.53. The molecule has 0 spiro atoms. The van der Waals surface area contributed by atoms with E-state index in [1.165, 1.54) is 0 Å². The molecule has 0 saturated carbocycles. The van der Waals surface area contributed by atoms with E-state index in [0.717, 1.165) is 5.56 Å². The summed E-state index contributed by atoms with van der Waals surface area (Å²) in [6, 6.07) is 10.4. The van der Waals surface area contributed by atoms with Crippen LogP contribution in [0.2, 0.25) is 0 Å². The van der Waals surface area contributed by atoms with Crippen molar-refractivity contribution in [2.75, 3.05) is 11.8 Å². The lowest BCUT2D eigenvalue weighted by molar-refractivity contribution is 0.411. The molecule has 0 unspecified atom stereocenters. The van der Waals surface area contributed by atoms with E-state index in [1.807, 2.05) is 13.0 Å². The van der Waals surface area contributed by atoms with Crippen molar-refractivity contribution in [2.24, 2.45) is 0 Å². The average molecular weight is 370 g/mol. The summed E-state index contributed by atoms with van der Waals surface area (Å²) in [5.41, 5.74) is 1.91. The van der Waals surface area contributed by atoms with Gasteiger partial charge >= 0.3 is 0 Å². The van der Waals surface area contributed by atoms with Gasteiger partial charge in [0, 0.05) is 4.47 Å². The van der Waals surface area contributed by atoms with Crippen LogP contribution in [0.15, 0.2) is 45.8 Å². The first-order valence-electron chi connectivity index (χ1n) is 6.27. The number of rotatable bonds is 4. The molecule has 4 nitrogen and oxygen atoms in total. The van der Waals surface area contributed by atoms with Crippen LogP contribution in [0.4, 0.5) is 5.69 Å². The van der Waals surface area contributed by atoms with Crippen LogP contribution in [0, 0.1) is 13.8 Å². The normalized spacial score (nSPS) is 11.2. The van der Waals surface area contributed by atoms with E-state index < -0.39 is 10.0 Å². The predicted molar refractivity (Wildman–Crippen MR) is 87.4 cm³/mol. The van der Waals surface area contributed by atoms with Gasteiger partial charge in [-0.15, -0.1) is 0 Å². The Labute approximate surface area is 133 Å². The third kappa shape index (κ3) is 3.39. The largest absolute Gasteiger partial charge is 0.496 e. The van der Waals surface area contributed by atoms with Crippen molar-refractivity contribution in [2.45, 2.75) is 18.7 Å². The van der Waals surface area contributed by atoms with Gasteiger partial charge in [0.1, 0.15) is 5.75 Å². The quantitative estimate of drug-likeness (QED) is 0.889. The highest BCUT2D eigenvalue weighted by atomic mass is 79.9. The van der Waals surface area contributed by atoms with Crippen molar-refractivity contribution >= 4 is 31.6 Å². The summed E-state index contributed by atoms with van der Waals surface area (Å²) in [4.78, 5) is 0.247. The number of sulfonamides is 1. The molecule has 0 saturated heterocycles. The Kier molecular flexibility index (Phi) is 4.58. The molecule has 0 aliphatic rings. The Morgan fingerprint density at radius 1 is 1.10 bits per heavy atom. The van der Waals surface area contributed by atoms with Crippen molar-refractivity contribution in [3.05, 3.63) is 52.0 Å². The molecule has 0 radical (unpaired) electrons. The van der Waals surface area contributed by atoms with Crippen LogP contribution in [-0.4, -0.2) is 15.5 Å². The highest BCUT2D eigenvalue weighted by Gasteiger charge is 2.19. The molecule has 0 heterocycles. The van der Waals surface area contributed by atoms with E-state index in [-0.39, 0.29) is 4.90 Å². The first kappa shape index (κ1) is 15.9. The molecule has 0 aliphatic heterocycles. The van der Waals surface area contributed by atoms with E-state index in [9.17, 15) is 8.42 Å². The van der Waals surface area contributed by atoms with Crippen molar-refractivity contribution in [3.8, 4) is 5.75 Å². The molecule has 0 aliphatic carbocycles. The fourth-order valence-corrected chi connectivity index (χ4v) is 3.92. The summed E-state index contributed by atoms with van der Waals surface area (Å²) in [5.74, 6) is 0.673. The highest BCUT2D eigenvalue weighted by Crippen LogP contribution is 2.29. The zero-order chi connectivity index (χ0) is 15.6. The molecular formula is C15H16BrNO3S. The summed E-state index contributed by atoms with van der Waals surface area (Å²) >= 11 is 3.33. The standard InChI is InChI=1S/C15H16BrNO3S/c1-10-9-15(11(2)8-14(10)20-3)21(18,19)17-13-7-5-4-6-12(13)16/h4-9,17H,1-3H3. The Morgan fingerprint density at radius 2 is 1.76 bits per heavy atom. The second kappa shape index (κ2) is 6.07. The Balaban J connectivity index is 2.45. The van der Waals surface area contributed by atoms with Gasteiger partial charge in [-0.1, -0.05) is 12.1 Å². The van der Waals surface area contributed by atoms with Crippen molar-refractivity contribution in [1.82, 2.24) is 0 Å². The van der Waals surface area contributed by atoms with Gasteiger partial charge in [-0.3, -0.25) is 4.72 Å². The summed E-state index contributed by atoms with van der Waals surface area (Å²) in [7, 11) is -2.08. The number of para-hydroxylation sites is 1. The minimum Gasteiger partial charge on any atom is -0.496 e. The molecule has 0 bridgehead atoms. The number of benzene rings is 2. The van der Waals surface area contributed by atoms with Gasteiger partial charge in [-0.05, 0) is 65.2 Å². The number of nitrogens with one attached hydrogen (secondary N) is 1. The molecule has 21 heavy (non-hydrogen) atoms. The molecule has 2 aromatic carbocycles. The van der Waals surface area contributed by atoms with E-state index in [4.69, 9.17) is 4.74 Å². The zero-order valence-electron chi connectivity index (χ0n) is 12.0. The maximum atomic E-state index is 12.6. The lowest BCUT2D eigenvalue weighted by Gasteiger charge is -2.14. The van der Waals surface area contributed by atoms with Gasteiger partial charge in [-0.2, -0.15) is 0 Å². The van der Waals surface area contributed by atoms with Gasteiger partial charge in [-0.25, -0.2) is 8.42 Å². The molecule has 2 aromatic rings. The van der Waals surface area contributed by atoms with Gasteiger partial charge in [0.25, 0.3) is 10.0 Å². The monoisotopic (exact) mass is 369 g/mol.